The summed E-state index contributed by atoms with van der Waals surface area (Å²) in [4.78, 5) is 125. The first-order chi connectivity index (χ1) is 29.7. The number of nitrogens with two attached hydrogens (primary N) is 4. The number of primary amides is 1. The number of hydrogen-bond donors (Lipinski definition) is 12. The summed E-state index contributed by atoms with van der Waals surface area (Å²) in [5.41, 5.74) is 21.5. The molecule has 2 saturated heterocycles. The first-order valence-electron chi connectivity index (χ1n) is 21.3. The Morgan fingerprint density at radius 3 is 1.73 bits per heavy atom. The average molecular weight is 897 g/mol. The zero-order valence-electron chi connectivity index (χ0n) is 36.5. The molecule has 0 aromatic carbocycles. The number of carboxylic acids is 1. The summed E-state index contributed by atoms with van der Waals surface area (Å²) < 4.78 is 0. The van der Waals surface area contributed by atoms with Gasteiger partial charge in [-0.1, -0.05) is 34.1 Å². The summed E-state index contributed by atoms with van der Waals surface area (Å²) >= 11 is 0. The van der Waals surface area contributed by atoms with E-state index in [9.17, 15) is 58.5 Å². The Balaban J connectivity index is 2.22. The fraction of sp³-hybridized carbons (Fsp3) is 0.744. The van der Waals surface area contributed by atoms with Crippen molar-refractivity contribution in [1.29, 1.82) is 0 Å². The van der Waals surface area contributed by atoms with E-state index in [1.165, 1.54) is 9.80 Å². The van der Waals surface area contributed by atoms with Crippen LogP contribution in [0.2, 0.25) is 0 Å². The molecule has 0 aliphatic carbocycles. The summed E-state index contributed by atoms with van der Waals surface area (Å²) in [5, 5.41) is 41.9. The monoisotopic (exact) mass is 897 g/mol. The van der Waals surface area contributed by atoms with Gasteiger partial charge in [0.25, 0.3) is 0 Å². The zero-order valence-corrected chi connectivity index (χ0v) is 36.5. The Labute approximate surface area is 366 Å². The molecule has 2 aliphatic rings. The standard InChI is InChI=1S/C39H68N12O12/c1-5-21(4)30(49-32(56)23(12-13-29(41)54)45-31(55)22(40)18-52)37(61)51-16-8-11-28(51)35(59)48-26(19-53)33(57)47-25(17-20(2)3)36(60)50-15-7-10-27(50)34(58)46-24(38(62)63)9-6-14-44-39(42)43/h20-28,30,52-53H,5-19,40H2,1-4H3,(H2,41,54)(H,45,55)(H,46,58)(H,47,57)(H,48,59)(H,49,56)(H,62,63)(H4,42,43,44)/t21-,22-,23-,24-,25-,26-,27-,28-,30-/m0/s1. The Hall–Kier alpha value is -5.62. The van der Waals surface area contributed by atoms with Crippen molar-refractivity contribution in [2.24, 2.45) is 39.8 Å². The number of carboxylic acid groups (broad SMARTS) is 1. The summed E-state index contributed by atoms with van der Waals surface area (Å²) in [6.07, 6.45) is 1.44. The smallest absolute Gasteiger partial charge is 0.326 e. The van der Waals surface area contributed by atoms with Gasteiger partial charge in [0.15, 0.2) is 5.96 Å². The highest BCUT2D eigenvalue weighted by Crippen LogP contribution is 2.23. The molecule has 63 heavy (non-hydrogen) atoms. The number of likely N-dealkylation sites (tertiary alicyclic amines) is 2. The van der Waals surface area contributed by atoms with Crippen LogP contribution in [0.25, 0.3) is 0 Å². The van der Waals surface area contributed by atoms with Crippen LogP contribution >= 0.6 is 0 Å². The maximum Gasteiger partial charge on any atom is 0.326 e. The molecule has 0 aromatic rings. The number of nitrogens with zero attached hydrogens (tertiary/aromatic N) is 3. The summed E-state index contributed by atoms with van der Waals surface area (Å²) in [5.74, 6) is -8.20. The van der Waals surface area contributed by atoms with Gasteiger partial charge in [-0.15, -0.1) is 0 Å². The number of rotatable bonds is 26. The van der Waals surface area contributed by atoms with Gasteiger partial charge in [-0.25, -0.2) is 4.79 Å². The van der Waals surface area contributed by atoms with Gasteiger partial charge in [-0.2, -0.15) is 0 Å². The normalized spacial score (nSPS) is 19.4. The van der Waals surface area contributed by atoms with E-state index in [1.807, 2.05) is 0 Å². The lowest BCUT2D eigenvalue weighted by molar-refractivity contribution is -0.145. The number of nitrogens with one attached hydrogen (secondary N) is 5. The topological polar surface area (TPSA) is 397 Å². The molecule has 24 heteroatoms. The number of carbonyl (C=O) groups excluding carboxylic acids is 8. The highest BCUT2D eigenvalue weighted by molar-refractivity contribution is 5.98. The van der Waals surface area contributed by atoms with Crippen LogP contribution in [0, 0.1) is 11.8 Å². The molecule has 2 rings (SSSR count). The van der Waals surface area contributed by atoms with Crippen LogP contribution in [-0.2, 0) is 43.2 Å². The van der Waals surface area contributed by atoms with Gasteiger partial charge < -0.3 is 74.6 Å². The SMILES string of the molecule is CC[C@H](C)[C@H](NC(=O)[C@H](CCC(N)=O)NC(=O)[C@@H](N)CO)C(=O)N1CCC[C@H]1C(=O)N[C@@H](CO)C(=O)N[C@@H](CC(C)C)C(=O)N1CCC[C@H]1C(=O)N[C@@H](CCCN=C(N)N)C(=O)O. The molecule has 0 bridgehead atoms. The molecule has 356 valence electrons. The van der Waals surface area contributed by atoms with Crippen molar-refractivity contribution in [2.75, 3.05) is 32.8 Å². The second kappa shape index (κ2) is 26.1. The van der Waals surface area contributed by atoms with Crippen molar-refractivity contribution in [3.05, 3.63) is 0 Å². The van der Waals surface area contributed by atoms with E-state index in [0.717, 1.165) is 0 Å². The number of guanidine groups is 1. The second-order valence-electron chi connectivity index (χ2n) is 16.4. The number of aliphatic hydroxyl groups excluding tert-OH is 2. The Morgan fingerprint density at radius 1 is 0.698 bits per heavy atom. The summed E-state index contributed by atoms with van der Waals surface area (Å²) in [6, 6.07) is -10.1. The van der Waals surface area contributed by atoms with E-state index in [-0.39, 0.29) is 76.5 Å². The molecular weight excluding hydrogens is 829 g/mol. The summed E-state index contributed by atoms with van der Waals surface area (Å²) in [6.45, 7) is 5.85. The number of aliphatic carboxylic acids is 1. The Morgan fingerprint density at radius 2 is 1.24 bits per heavy atom. The number of hydrogen-bond acceptors (Lipinski definition) is 13. The molecule has 24 nitrogen and oxygen atoms in total. The first kappa shape index (κ1) is 53.5. The largest absolute Gasteiger partial charge is 0.480 e. The molecule has 0 spiro atoms. The van der Waals surface area contributed by atoms with E-state index >= 15 is 0 Å². The van der Waals surface area contributed by atoms with E-state index in [0.29, 0.717) is 19.3 Å². The maximum absolute atomic E-state index is 14.1. The van der Waals surface area contributed by atoms with Gasteiger partial charge in [0, 0.05) is 26.1 Å². The zero-order chi connectivity index (χ0) is 47.6. The summed E-state index contributed by atoms with van der Waals surface area (Å²) in [7, 11) is 0. The van der Waals surface area contributed by atoms with Crippen LogP contribution in [0.4, 0.5) is 0 Å². The molecular formula is C39H68N12O12. The van der Waals surface area contributed by atoms with Crippen LogP contribution in [0.15, 0.2) is 4.99 Å². The highest BCUT2D eigenvalue weighted by Gasteiger charge is 2.42. The Kier molecular flexibility index (Phi) is 22.2. The second-order valence-corrected chi connectivity index (χ2v) is 16.4. The van der Waals surface area contributed by atoms with Crippen molar-refractivity contribution in [3.8, 4) is 0 Å². The fourth-order valence-corrected chi connectivity index (χ4v) is 7.30. The predicted molar refractivity (Wildman–Crippen MR) is 226 cm³/mol. The van der Waals surface area contributed by atoms with Gasteiger partial charge in [0.05, 0.1) is 13.2 Å². The van der Waals surface area contributed by atoms with E-state index in [2.05, 4.69) is 31.6 Å². The van der Waals surface area contributed by atoms with Crippen LogP contribution in [0.3, 0.4) is 0 Å². The molecule has 0 saturated carbocycles. The molecule has 0 unspecified atom stereocenters. The number of aliphatic imine (C=N–C) groups is 1. The van der Waals surface area contributed by atoms with Gasteiger partial charge in [0.1, 0.15) is 48.3 Å². The molecule has 0 aromatic heterocycles. The number of amides is 8. The highest BCUT2D eigenvalue weighted by atomic mass is 16.4. The van der Waals surface area contributed by atoms with Gasteiger partial charge >= 0.3 is 5.97 Å². The van der Waals surface area contributed by atoms with E-state index < -0.39 is 121 Å². The van der Waals surface area contributed by atoms with Crippen molar-refractivity contribution >= 4 is 59.2 Å². The molecule has 9 atom stereocenters. The van der Waals surface area contributed by atoms with Gasteiger partial charge in [-0.05, 0) is 63.2 Å². The molecule has 2 fully saturated rings. The minimum atomic E-state index is -1.57. The van der Waals surface area contributed by atoms with Crippen LogP contribution < -0.4 is 49.5 Å². The lowest BCUT2D eigenvalue weighted by Crippen LogP contribution is -2.61. The maximum atomic E-state index is 14.1. The number of aliphatic hydroxyl groups is 2. The fourth-order valence-electron chi connectivity index (χ4n) is 7.30. The number of carbonyl (C=O) groups is 9. The third-order valence-electron chi connectivity index (χ3n) is 11.0. The third-order valence-corrected chi connectivity index (χ3v) is 11.0. The van der Waals surface area contributed by atoms with Crippen LogP contribution in [-0.4, -0.2) is 165 Å². The van der Waals surface area contributed by atoms with E-state index in [1.54, 1.807) is 27.7 Å². The minimum absolute atomic E-state index is 0.0181. The van der Waals surface area contributed by atoms with Crippen molar-refractivity contribution in [3.63, 3.8) is 0 Å². The first-order valence-corrected chi connectivity index (χ1v) is 21.3. The van der Waals surface area contributed by atoms with E-state index in [4.69, 9.17) is 22.9 Å². The minimum Gasteiger partial charge on any atom is -0.480 e. The Bertz CT molecular complexity index is 1660. The van der Waals surface area contributed by atoms with Gasteiger partial charge in [0.2, 0.25) is 47.3 Å². The molecule has 0 radical (unpaired) electrons. The van der Waals surface area contributed by atoms with Crippen molar-refractivity contribution in [2.45, 2.75) is 140 Å². The molecule has 2 heterocycles. The lowest BCUT2D eigenvalue weighted by atomic mass is 9.96. The quantitative estimate of drug-likeness (QED) is 0.0220. The molecule has 2 aliphatic heterocycles. The predicted octanol–water partition coefficient (Wildman–Crippen LogP) is -4.80. The van der Waals surface area contributed by atoms with Crippen molar-refractivity contribution < 1.29 is 58.5 Å². The van der Waals surface area contributed by atoms with Crippen LogP contribution in [0.5, 0.6) is 0 Å². The van der Waals surface area contributed by atoms with Crippen molar-refractivity contribution in [1.82, 2.24) is 36.4 Å². The van der Waals surface area contributed by atoms with Gasteiger partial charge in [-0.3, -0.25) is 43.3 Å². The van der Waals surface area contributed by atoms with Crippen LogP contribution in [0.1, 0.15) is 91.9 Å². The third kappa shape index (κ3) is 16.5. The molecule has 8 amide bonds. The molecule has 16 N–H and O–H groups in total. The average Bonchev–Trinajstić information content (AvgIpc) is 3.93. The lowest BCUT2D eigenvalue weighted by Gasteiger charge is -2.33.